The highest BCUT2D eigenvalue weighted by Gasteiger charge is 2.28. The van der Waals surface area contributed by atoms with Crippen LogP contribution < -0.4 is 15.0 Å². The first-order valence-corrected chi connectivity index (χ1v) is 7.94. The lowest BCUT2D eigenvalue weighted by Gasteiger charge is -2.30. The molecular weight excluding hydrogens is 328 g/mol. The molecule has 1 unspecified atom stereocenters. The molecule has 1 atom stereocenters. The predicted octanol–water partition coefficient (Wildman–Crippen LogP) is 3.01. The van der Waals surface area contributed by atoms with Gasteiger partial charge < -0.3 is 15.0 Å². The lowest BCUT2D eigenvalue weighted by Crippen LogP contribution is -2.42. The summed E-state index contributed by atoms with van der Waals surface area (Å²) in [4.78, 5) is 25.7. The molecule has 0 aliphatic carbocycles. The van der Waals surface area contributed by atoms with E-state index in [4.69, 9.17) is 16.3 Å². The van der Waals surface area contributed by atoms with Gasteiger partial charge in [-0.25, -0.2) is 0 Å². The van der Waals surface area contributed by atoms with Gasteiger partial charge in [-0.15, -0.1) is 0 Å². The van der Waals surface area contributed by atoms with Crippen LogP contribution >= 0.6 is 11.6 Å². The molecule has 3 rings (SSSR count). The Morgan fingerprint density at radius 1 is 1.25 bits per heavy atom. The van der Waals surface area contributed by atoms with E-state index in [2.05, 4.69) is 5.32 Å². The van der Waals surface area contributed by atoms with Crippen molar-refractivity contribution in [2.24, 2.45) is 0 Å². The van der Waals surface area contributed by atoms with Crippen LogP contribution in [-0.2, 0) is 11.3 Å². The molecule has 0 bridgehead atoms. The molecule has 0 spiro atoms. The Kier molecular flexibility index (Phi) is 4.44. The molecule has 1 aliphatic heterocycles. The van der Waals surface area contributed by atoms with Crippen molar-refractivity contribution in [1.82, 2.24) is 5.32 Å². The van der Waals surface area contributed by atoms with Gasteiger partial charge in [-0.3, -0.25) is 9.59 Å². The van der Waals surface area contributed by atoms with Gasteiger partial charge in [0.05, 0.1) is 5.69 Å². The number of hydrogen-bond donors (Lipinski definition) is 1. The lowest BCUT2D eigenvalue weighted by atomic mass is 10.1. The van der Waals surface area contributed by atoms with Crippen LogP contribution in [0.15, 0.2) is 42.5 Å². The van der Waals surface area contributed by atoms with Gasteiger partial charge in [0, 0.05) is 24.2 Å². The van der Waals surface area contributed by atoms with Gasteiger partial charge in [0.15, 0.2) is 6.10 Å². The first-order valence-electron chi connectivity index (χ1n) is 7.56. The molecule has 124 valence electrons. The number of benzene rings is 2. The molecule has 24 heavy (non-hydrogen) atoms. The average Bonchev–Trinajstić information content (AvgIpc) is 2.58. The summed E-state index contributed by atoms with van der Waals surface area (Å²) in [7, 11) is 1.72. The molecule has 5 nitrogen and oxygen atoms in total. The van der Waals surface area contributed by atoms with Gasteiger partial charge >= 0.3 is 0 Å². The number of likely N-dealkylation sites (N-methyl/N-ethyl adjacent to an activating group) is 1. The van der Waals surface area contributed by atoms with E-state index in [1.54, 1.807) is 43.1 Å². The maximum Gasteiger partial charge on any atom is 0.267 e. The van der Waals surface area contributed by atoms with Crippen molar-refractivity contribution >= 4 is 29.1 Å². The Bertz CT molecular complexity index is 789. The number of hydrogen-bond acceptors (Lipinski definition) is 3. The molecule has 0 fully saturated rings. The van der Waals surface area contributed by atoms with E-state index < -0.39 is 6.10 Å². The van der Waals surface area contributed by atoms with E-state index in [1.807, 2.05) is 18.2 Å². The third kappa shape index (κ3) is 3.21. The van der Waals surface area contributed by atoms with Crippen molar-refractivity contribution in [3.05, 3.63) is 58.6 Å². The van der Waals surface area contributed by atoms with Crippen molar-refractivity contribution in [2.45, 2.75) is 19.6 Å². The van der Waals surface area contributed by atoms with Gasteiger partial charge in [0.1, 0.15) is 5.75 Å². The number of nitrogens with zero attached hydrogens (tertiary/aromatic N) is 1. The second kappa shape index (κ2) is 6.53. The number of nitrogens with one attached hydrogen (secondary N) is 1. The first-order chi connectivity index (χ1) is 11.5. The number of halogens is 1. The molecule has 6 heteroatoms. The molecule has 0 aromatic heterocycles. The summed E-state index contributed by atoms with van der Waals surface area (Å²) >= 11 is 5.82. The highest BCUT2D eigenvalue weighted by molar-refractivity contribution is 6.30. The van der Waals surface area contributed by atoms with E-state index in [-0.39, 0.29) is 11.8 Å². The van der Waals surface area contributed by atoms with Crippen LogP contribution in [0, 0.1) is 0 Å². The van der Waals surface area contributed by atoms with Crippen molar-refractivity contribution in [2.75, 3.05) is 11.9 Å². The Labute approximate surface area is 145 Å². The van der Waals surface area contributed by atoms with Crippen molar-refractivity contribution < 1.29 is 14.3 Å². The van der Waals surface area contributed by atoms with E-state index in [1.165, 1.54) is 0 Å². The minimum Gasteiger partial charge on any atom is -0.479 e. The quantitative estimate of drug-likeness (QED) is 0.931. The Balaban J connectivity index is 1.71. The topological polar surface area (TPSA) is 58.6 Å². The summed E-state index contributed by atoms with van der Waals surface area (Å²) < 4.78 is 5.58. The third-order valence-electron chi connectivity index (χ3n) is 3.93. The zero-order chi connectivity index (χ0) is 17.3. The minimum absolute atomic E-state index is 0.0927. The molecule has 0 saturated heterocycles. The van der Waals surface area contributed by atoms with Crippen LogP contribution in [-0.4, -0.2) is 25.0 Å². The van der Waals surface area contributed by atoms with Crippen molar-refractivity contribution in [3.63, 3.8) is 0 Å². The van der Waals surface area contributed by atoms with Crippen LogP contribution in [0.1, 0.15) is 22.8 Å². The maximum atomic E-state index is 12.1. The van der Waals surface area contributed by atoms with Crippen molar-refractivity contribution in [1.29, 1.82) is 0 Å². The summed E-state index contributed by atoms with van der Waals surface area (Å²) in [6.07, 6.45) is -0.488. The fourth-order valence-corrected chi connectivity index (χ4v) is 2.68. The summed E-state index contributed by atoms with van der Waals surface area (Å²) in [5, 5.41) is 3.44. The number of rotatable bonds is 3. The zero-order valence-corrected chi connectivity index (χ0v) is 14.1. The standard InChI is InChI=1S/C18H17ClN2O3/c1-11-18(23)21(2)15-9-12(3-8-16(15)24-11)10-20-17(22)13-4-6-14(19)7-5-13/h3-9,11H,10H2,1-2H3,(H,20,22). The molecular formula is C18H17ClN2O3. The third-order valence-corrected chi connectivity index (χ3v) is 4.18. The van der Waals surface area contributed by atoms with Gasteiger partial charge in [0.2, 0.25) is 0 Å². The molecule has 2 amide bonds. The SMILES string of the molecule is CC1Oc2ccc(CNC(=O)c3ccc(Cl)cc3)cc2N(C)C1=O. The van der Waals surface area contributed by atoms with Gasteiger partial charge in [0.25, 0.3) is 11.8 Å². The minimum atomic E-state index is -0.488. The Hall–Kier alpha value is -2.53. The smallest absolute Gasteiger partial charge is 0.267 e. The number of fused-ring (bicyclic) bond motifs is 1. The monoisotopic (exact) mass is 344 g/mol. The van der Waals surface area contributed by atoms with Gasteiger partial charge in [-0.05, 0) is 48.9 Å². The molecule has 1 aliphatic rings. The summed E-state index contributed by atoms with van der Waals surface area (Å²) in [5.74, 6) is 0.390. The van der Waals surface area contributed by atoms with E-state index in [9.17, 15) is 9.59 Å². The van der Waals surface area contributed by atoms with Crippen LogP contribution in [0.4, 0.5) is 5.69 Å². The lowest BCUT2D eigenvalue weighted by molar-refractivity contribution is -0.125. The maximum absolute atomic E-state index is 12.1. The number of ether oxygens (including phenoxy) is 1. The van der Waals surface area contributed by atoms with Gasteiger partial charge in [-0.1, -0.05) is 17.7 Å². The van der Waals surface area contributed by atoms with E-state index in [0.29, 0.717) is 28.6 Å². The molecule has 1 N–H and O–H groups in total. The second-order valence-corrected chi connectivity index (χ2v) is 6.09. The summed E-state index contributed by atoms with van der Waals surface area (Å²) in [5.41, 5.74) is 2.13. The predicted molar refractivity (Wildman–Crippen MR) is 92.6 cm³/mol. The fraction of sp³-hybridized carbons (Fsp3) is 0.222. The van der Waals surface area contributed by atoms with E-state index >= 15 is 0 Å². The molecule has 2 aromatic carbocycles. The molecule has 0 radical (unpaired) electrons. The summed E-state index contributed by atoms with van der Waals surface area (Å²) in [6, 6.07) is 12.2. The normalized spacial score (nSPS) is 16.4. The summed E-state index contributed by atoms with van der Waals surface area (Å²) in [6.45, 7) is 2.08. The van der Waals surface area contributed by atoms with Gasteiger partial charge in [-0.2, -0.15) is 0 Å². The van der Waals surface area contributed by atoms with E-state index in [0.717, 1.165) is 5.56 Å². The van der Waals surface area contributed by atoms with Crippen LogP contribution in [0.5, 0.6) is 5.75 Å². The molecule has 1 heterocycles. The van der Waals surface area contributed by atoms with Crippen LogP contribution in [0.2, 0.25) is 5.02 Å². The number of amides is 2. The average molecular weight is 345 g/mol. The number of carbonyl (C=O) groups is 2. The number of anilines is 1. The fourth-order valence-electron chi connectivity index (χ4n) is 2.55. The van der Waals surface area contributed by atoms with Crippen LogP contribution in [0.3, 0.4) is 0 Å². The number of carbonyl (C=O) groups excluding carboxylic acids is 2. The van der Waals surface area contributed by atoms with Crippen LogP contribution in [0.25, 0.3) is 0 Å². The molecule has 0 saturated carbocycles. The largest absolute Gasteiger partial charge is 0.479 e. The highest BCUT2D eigenvalue weighted by atomic mass is 35.5. The Morgan fingerprint density at radius 2 is 1.96 bits per heavy atom. The highest BCUT2D eigenvalue weighted by Crippen LogP contribution is 2.33. The molecule has 2 aromatic rings. The zero-order valence-electron chi connectivity index (χ0n) is 13.4. The van der Waals surface area contributed by atoms with Crippen molar-refractivity contribution in [3.8, 4) is 5.75 Å². The second-order valence-electron chi connectivity index (χ2n) is 5.65. The Morgan fingerprint density at radius 3 is 2.67 bits per heavy atom. The first kappa shape index (κ1) is 16.3.